The average Bonchev–Trinajstić information content (AvgIpc) is 2.84. The molecule has 0 aliphatic carbocycles. The van der Waals surface area contributed by atoms with Crippen LogP contribution in [0.15, 0.2) is 12.1 Å². The maximum Gasteiger partial charge on any atom is 0.128 e. The number of nitrogens with two attached hydrogens (primary N) is 1. The molecule has 1 aromatic rings. The quantitative estimate of drug-likeness (QED) is 0.896. The monoisotopic (exact) mass is 255 g/mol. The summed E-state index contributed by atoms with van der Waals surface area (Å²) in [5.74, 6) is -0.826. The van der Waals surface area contributed by atoms with Crippen LogP contribution in [-0.2, 0) is 4.74 Å². The number of rotatable bonds is 4. The van der Waals surface area contributed by atoms with Crippen molar-refractivity contribution < 1.29 is 13.5 Å². The van der Waals surface area contributed by atoms with E-state index in [9.17, 15) is 8.78 Å². The Morgan fingerprint density at radius 3 is 2.83 bits per heavy atom. The molecule has 1 aliphatic heterocycles. The Bertz CT molecular complexity index is 417. The van der Waals surface area contributed by atoms with E-state index >= 15 is 0 Å². The molecule has 2 rings (SSSR count). The van der Waals surface area contributed by atoms with E-state index in [1.807, 2.05) is 0 Å². The van der Waals surface area contributed by atoms with Gasteiger partial charge in [0.15, 0.2) is 0 Å². The molecule has 0 bridgehead atoms. The molecule has 1 aliphatic rings. The normalized spacial score (nSPS) is 21.2. The fourth-order valence-electron chi connectivity index (χ4n) is 2.34. The predicted molar refractivity (Wildman–Crippen MR) is 66.2 cm³/mol. The number of halogens is 2. The molecule has 0 radical (unpaired) electrons. The summed E-state index contributed by atoms with van der Waals surface area (Å²) >= 11 is 0. The molecular weight excluding hydrogens is 236 g/mol. The topological polar surface area (TPSA) is 35.2 Å². The first-order chi connectivity index (χ1) is 8.58. The predicted octanol–water partition coefficient (Wildman–Crippen LogP) is 3.23. The van der Waals surface area contributed by atoms with Gasteiger partial charge in [-0.05, 0) is 50.3 Å². The van der Waals surface area contributed by atoms with Gasteiger partial charge in [0.2, 0.25) is 0 Å². The Morgan fingerprint density at radius 2 is 2.17 bits per heavy atom. The molecule has 2 nitrogen and oxygen atoms in total. The van der Waals surface area contributed by atoms with Gasteiger partial charge in [-0.25, -0.2) is 8.78 Å². The molecule has 18 heavy (non-hydrogen) atoms. The molecule has 0 aromatic heterocycles. The van der Waals surface area contributed by atoms with Gasteiger partial charge in [0.25, 0.3) is 0 Å². The highest BCUT2D eigenvalue weighted by Crippen LogP contribution is 2.25. The van der Waals surface area contributed by atoms with Crippen molar-refractivity contribution in [2.75, 3.05) is 6.61 Å². The number of hydrogen-bond donors (Lipinski definition) is 1. The SMILES string of the molecule is Cc1cc(F)c(C(N)CCC2CCCO2)cc1F. The average molecular weight is 255 g/mol. The van der Waals surface area contributed by atoms with E-state index in [1.165, 1.54) is 12.1 Å². The van der Waals surface area contributed by atoms with Crippen molar-refractivity contribution in [1.29, 1.82) is 0 Å². The molecule has 100 valence electrons. The molecule has 2 atom stereocenters. The molecule has 0 amide bonds. The van der Waals surface area contributed by atoms with Crippen molar-refractivity contribution in [2.45, 2.75) is 44.8 Å². The molecule has 1 heterocycles. The van der Waals surface area contributed by atoms with Crippen LogP contribution in [0.3, 0.4) is 0 Å². The van der Waals surface area contributed by atoms with Crippen LogP contribution in [0.2, 0.25) is 0 Å². The lowest BCUT2D eigenvalue weighted by molar-refractivity contribution is 0.101. The number of hydrogen-bond acceptors (Lipinski definition) is 2. The number of benzene rings is 1. The highest BCUT2D eigenvalue weighted by atomic mass is 19.1. The van der Waals surface area contributed by atoms with Crippen LogP contribution < -0.4 is 5.73 Å². The van der Waals surface area contributed by atoms with Crippen LogP contribution in [0.1, 0.15) is 42.9 Å². The van der Waals surface area contributed by atoms with E-state index < -0.39 is 17.7 Å². The largest absolute Gasteiger partial charge is 0.378 e. The lowest BCUT2D eigenvalue weighted by Gasteiger charge is -2.16. The van der Waals surface area contributed by atoms with Crippen molar-refractivity contribution in [3.8, 4) is 0 Å². The molecule has 1 aromatic carbocycles. The lowest BCUT2D eigenvalue weighted by atomic mass is 9.98. The summed E-state index contributed by atoms with van der Waals surface area (Å²) in [4.78, 5) is 0. The Labute approximate surface area is 106 Å². The summed E-state index contributed by atoms with van der Waals surface area (Å²) in [5, 5.41) is 0. The highest BCUT2D eigenvalue weighted by Gasteiger charge is 2.19. The van der Waals surface area contributed by atoms with Crippen LogP contribution in [0.5, 0.6) is 0 Å². The summed E-state index contributed by atoms with van der Waals surface area (Å²) in [6.45, 7) is 2.34. The van der Waals surface area contributed by atoms with Crippen molar-refractivity contribution in [1.82, 2.24) is 0 Å². The van der Waals surface area contributed by atoms with Crippen molar-refractivity contribution >= 4 is 0 Å². The second kappa shape index (κ2) is 5.76. The van der Waals surface area contributed by atoms with E-state index in [1.54, 1.807) is 6.92 Å². The maximum atomic E-state index is 13.7. The fraction of sp³-hybridized carbons (Fsp3) is 0.571. The zero-order chi connectivity index (χ0) is 13.1. The van der Waals surface area contributed by atoms with Crippen molar-refractivity contribution in [3.63, 3.8) is 0 Å². The molecule has 2 N–H and O–H groups in total. The first kappa shape index (κ1) is 13.4. The summed E-state index contributed by atoms with van der Waals surface area (Å²) in [6.07, 6.45) is 3.76. The van der Waals surface area contributed by atoms with Gasteiger partial charge in [0, 0.05) is 18.2 Å². The standard InChI is InChI=1S/C14H19F2NO/c1-9-7-13(16)11(8-12(9)15)14(17)5-4-10-3-2-6-18-10/h7-8,10,14H,2-6,17H2,1H3. The van der Waals surface area contributed by atoms with Gasteiger partial charge >= 0.3 is 0 Å². The fourth-order valence-corrected chi connectivity index (χ4v) is 2.34. The van der Waals surface area contributed by atoms with Gasteiger partial charge in [-0.1, -0.05) is 0 Å². The van der Waals surface area contributed by atoms with E-state index in [-0.39, 0.29) is 11.7 Å². The highest BCUT2D eigenvalue weighted by molar-refractivity contribution is 5.27. The first-order valence-electron chi connectivity index (χ1n) is 6.40. The minimum Gasteiger partial charge on any atom is -0.378 e. The van der Waals surface area contributed by atoms with Crippen LogP contribution >= 0.6 is 0 Å². The minimum atomic E-state index is -0.468. The molecule has 1 saturated heterocycles. The third kappa shape index (κ3) is 3.06. The van der Waals surface area contributed by atoms with Gasteiger partial charge < -0.3 is 10.5 Å². The maximum absolute atomic E-state index is 13.7. The van der Waals surface area contributed by atoms with E-state index in [0.717, 1.165) is 25.9 Å². The van der Waals surface area contributed by atoms with Crippen LogP contribution in [-0.4, -0.2) is 12.7 Å². The van der Waals surface area contributed by atoms with Crippen LogP contribution in [0.25, 0.3) is 0 Å². The Kier molecular flexibility index (Phi) is 4.30. The Morgan fingerprint density at radius 1 is 1.39 bits per heavy atom. The molecular formula is C14H19F2NO. The lowest BCUT2D eigenvalue weighted by Crippen LogP contribution is -2.16. The first-order valence-corrected chi connectivity index (χ1v) is 6.40. The molecule has 2 unspecified atom stereocenters. The summed E-state index contributed by atoms with van der Waals surface area (Å²) in [5.41, 5.74) is 6.50. The second-order valence-corrected chi connectivity index (χ2v) is 4.94. The van der Waals surface area contributed by atoms with Crippen molar-refractivity contribution in [3.05, 3.63) is 34.9 Å². The van der Waals surface area contributed by atoms with Crippen molar-refractivity contribution in [2.24, 2.45) is 5.73 Å². The van der Waals surface area contributed by atoms with Gasteiger partial charge in [0.1, 0.15) is 11.6 Å². The number of aryl methyl sites for hydroxylation is 1. The minimum absolute atomic E-state index is 0.231. The van der Waals surface area contributed by atoms with E-state index in [4.69, 9.17) is 10.5 Å². The second-order valence-electron chi connectivity index (χ2n) is 4.94. The number of ether oxygens (including phenoxy) is 1. The zero-order valence-electron chi connectivity index (χ0n) is 10.6. The van der Waals surface area contributed by atoms with Crippen LogP contribution in [0, 0.1) is 18.6 Å². The molecule has 0 spiro atoms. The smallest absolute Gasteiger partial charge is 0.128 e. The third-order valence-corrected chi connectivity index (χ3v) is 3.50. The van der Waals surface area contributed by atoms with E-state index in [0.29, 0.717) is 12.0 Å². The molecule has 4 heteroatoms. The summed E-state index contributed by atoms with van der Waals surface area (Å²) < 4.78 is 32.6. The van der Waals surface area contributed by atoms with Gasteiger partial charge in [-0.2, -0.15) is 0 Å². The van der Waals surface area contributed by atoms with Gasteiger partial charge in [-0.3, -0.25) is 0 Å². The summed E-state index contributed by atoms with van der Waals surface area (Å²) in [6, 6.07) is 1.95. The van der Waals surface area contributed by atoms with Gasteiger partial charge in [-0.15, -0.1) is 0 Å². The molecule has 0 saturated carbocycles. The Balaban J connectivity index is 1.99. The zero-order valence-corrected chi connectivity index (χ0v) is 10.6. The molecule has 1 fully saturated rings. The van der Waals surface area contributed by atoms with E-state index in [2.05, 4.69) is 0 Å². The van der Waals surface area contributed by atoms with Crippen LogP contribution in [0.4, 0.5) is 8.78 Å². The Hall–Kier alpha value is -1.00. The summed E-state index contributed by atoms with van der Waals surface area (Å²) in [7, 11) is 0. The third-order valence-electron chi connectivity index (χ3n) is 3.50. The van der Waals surface area contributed by atoms with Gasteiger partial charge in [0.05, 0.1) is 6.10 Å².